The summed E-state index contributed by atoms with van der Waals surface area (Å²) in [6, 6.07) is 19.1. The largest absolute Gasteiger partial charge is 0.338 e. The predicted molar refractivity (Wildman–Crippen MR) is 98.3 cm³/mol. The summed E-state index contributed by atoms with van der Waals surface area (Å²) in [7, 11) is 0. The first-order valence-electron chi connectivity index (χ1n) is 8.49. The number of rotatable bonds is 2. The molecule has 0 saturated carbocycles. The maximum atomic E-state index is 4.99. The van der Waals surface area contributed by atoms with Gasteiger partial charge in [0, 0.05) is 17.3 Å². The Balaban J connectivity index is 2.05. The maximum absolute atomic E-state index is 4.99. The fourth-order valence-corrected chi connectivity index (χ4v) is 3.75. The van der Waals surface area contributed by atoms with Gasteiger partial charge in [-0.3, -0.25) is 0 Å². The topological polar surface area (TPSA) is 32.8 Å². The van der Waals surface area contributed by atoms with Gasteiger partial charge in [-0.1, -0.05) is 43.3 Å². The third kappa shape index (κ3) is 1.78. The monoisotopic (exact) mass is 312 g/mol. The molecule has 0 saturated heterocycles. The Morgan fingerprint density at radius 2 is 1.75 bits per heavy atom. The maximum Gasteiger partial charge on any atom is 0.338 e. The zero-order valence-corrected chi connectivity index (χ0v) is 13.6. The average molecular weight is 312 g/mol. The normalized spacial score (nSPS) is 11.9. The minimum atomic E-state index is 0.982. The van der Waals surface area contributed by atoms with Crippen LogP contribution < -0.4 is 4.40 Å². The van der Waals surface area contributed by atoms with Crippen molar-refractivity contribution in [2.24, 2.45) is 0 Å². The van der Waals surface area contributed by atoms with E-state index in [1.54, 1.807) is 0 Å². The average Bonchev–Trinajstić information content (AvgIpc) is 3.00. The van der Waals surface area contributed by atoms with Crippen LogP contribution in [-0.4, -0.2) is 9.97 Å². The van der Waals surface area contributed by atoms with Crippen LogP contribution in [0.3, 0.4) is 0 Å². The number of hydrogen-bond acceptors (Lipinski definition) is 1. The zero-order valence-electron chi connectivity index (χ0n) is 13.6. The molecule has 3 heterocycles. The van der Waals surface area contributed by atoms with E-state index in [0.29, 0.717) is 0 Å². The van der Waals surface area contributed by atoms with E-state index in [0.717, 1.165) is 29.7 Å². The van der Waals surface area contributed by atoms with Gasteiger partial charge < -0.3 is 4.98 Å². The molecule has 0 aliphatic carbocycles. The molecule has 116 valence electrons. The van der Waals surface area contributed by atoms with Gasteiger partial charge in [0.1, 0.15) is 5.69 Å². The number of aromatic nitrogens is 3. The minimum absolute atomic E-state index is 0.982. The van der Waals surface area contributed by atoms with Gasteiger partial charge >= 0.3 is 5.65 Å². The van der Waals surface area contributed by atoms with Crippen molar-refractivity contribution in [2.45, 2.75) is 19.8 Å². The van der Waals surface area contributed by atoms with Gasteiger partial charge in [-0.25, -0.2) is 0 Å². The lowest BCUT2D eigenvalue weighted by Crippen LogP contribution is -2.29. The number of pyridine rings is 1. The van der Waals surface area contributed by atoms with Gasteiger partial charge in [-0.15, -0.1) is 0 Å². The molecular weight excluding hydrogens is 294 g/mol. The molecule has 0 radical (unpaired) electrons. The predicted octanol–water partition coefficient (Wildman–Crippen LogP) is 4.56. The van der Waals surface area contributed by atoms with Crippen LogP contribution in [0.4, 0.5) is 0 Å². The van der Waals surface area contributed by atoms with Crippen molar-refractivity contribution in [1.82, 2.24) is 9.97 Å². The van der Waals surface area contributed by atoms with Crippen LogP contribution in [0.15, 0.2) is 60.8 Å². The van der Waals surface area contributed by atoms with E-state index in [4.69, 9.17) is 4.98 Å². The van der Waals surface area contributed by atoms with Gasteiger partial charge in [0.2, 0.25) is 0 Å². The van der Waals surface area contributed by atoms with Crippen molar-refractivity contribution in [3.8, 4) is 0 Å². The number of para-hydroxylation sites is 1. The van der Waals surface area contributed by atoms with Crippen LogP contribution in [0, 0.1) is 0 Å². The van der Waals surface area contributed by atoms with Gasteiger partial charge in [0.25, 0.3) is 5.65 Å². The number of aromatic amines is 1. The fourth-order valence-electron chi connectivity index (χ4n) is 3.75. The second-order valence-electron chi connectivity index (χ2n) is 6.30. The molecule has 3 nitrogen and oxygen atoms in total. The summed E-state index contributed by atoms with van der Waals surface area (Å²) in [5, 5.41) is 4.92. The fraction of sp³-hybridized carbons (Fsp3) is 0.143. The van der Waals surface area contributed by atoms with E-state index in [2.05, 4.69) is 77.1 Å². The first-order chi connectivity index (χ1) is 11.9. The molecule has 1 N–H and O–H groups in total. The quantitative estimate of drug-likeness (QED) is 0.376. The Morgan fingerprint density at radius 3 is 2.62 bits per heavy atom. The third-order valence-corrected chi connectivity index (χ3v) is 4.80. The van der Waals surface area contributed by atoms with E-state index in [9.17, 15) is 0 Å². The molecule has 5 aromatic rings. The van der Waals surface area contributed by atoms with Crippen molar-refractivity contribution in [3.63, 3.8) is 0 Å². The van der Waals surface area contributed by atoms with Crippen LogP contribution in [-0.2, 0) is 6.42 Å². The van der Waals surface area contributed by atoms with Gasteiger partial charge in [-0.05, 0) is 35.0 Å². The van der Waals surface area contributed by atoms with E-state index in [1.807, 2.05) is 0 Å². The highest BCUT2D eigenvalue weighted by molar-refractivity contribution is 6.07. The SMILES string of the molecule is CCCc1c2c(nc3c4ccccc4cc[n+]13)[nH]c1ccccc12. The van der Waals surface area contributed by atoms with E-state index in [-0.39, 0.29) is 0 Å². The standard InChI is InChI=1S/C21H17N3/c1-2-7-18-19-16-10-5-6-11-17(16)22-20(19)23-21-15-9-4-3-8-14(15)12-13-24(18)21/h3-6,8-13H,2,7H2,1H3/p+1. The van der Waals surface area contributed by atoms with Crippen LogP contribution in [0.5, 0.6) is 0 Å². The molecule has 24 heavy (non-hydrogen) atoms. The van der Waals surface area contributed by atoms with Crippen molar-refractivity contribution >= 4 is 38.4 Å². The number of hydrogen-bond donors (Lipinski definition) is 1. The van der Waals surface area contributed by atoms with Crippen LogP contribution in [0.1, 0.15) is 19.0 Å². The summed E-state index contributed by atoms with van der Waals surface area (Å²) in [5.41, 5.74) is 4.49. The van der Waals surface area contributed by atoms with Crippen molar-refractivity contribution in [1.29, 1.82) is 0 Å². The second kappa shape index (κ2) is 5.03. The highest BCUT2D eigenvalue weighted by atomic mass is 15.0. The summed E-state index contributed by atoms with van der Waals surface area (Å²) in [6.45, 7) is 2.23. The molecule has 0 amide bonds. The molecule has 0 atom stereocenters. The first-order valence-corrected chi connectivity index (χ1v) is 8.49. The van der Waals surface area contributed by atoms with Gasteiger partial charge in [0.05, 0.1) is 17.0 Å². The summed E-state index contributed by atoms with van der Waals surface area (Å²) < 4.78 is 2.27. The Bertz CT molecular complexity index is 1220. The van der Waals surface area contributed by atoms with E-state index in [1.165, 1.54) is 27.2 Å². The highest BCUT2D eigenvalue weighted by Gasteiger charge is 2.21. The molecule has 0 aliphatic heterocycles. The Hall–Kier alpha value is -2.94. The van der Waals surface area contributed by atoms with Crippen molar-refractivity contribution in [2.75, 3.05) is 0 Å². The lowest BCUT2D eigenvalue weighted by molar-refractivity contribution is -0.521. The Morgan fingerprint density at radius 1 is 0.958 bits per heavy atom. The number of nitrogens with zero attached hydrogens (tertiary/aromatic N) is 2. The molecule has 0 aliphatic rings. The molecule has 0 bridgehead atoms. The smallest absolute Gasteiger partial charge is 0.318 e. The summed E-state index contributed by atoms with van der Waals surface area (Å²) in [4.78, 5) is 8.50. The number of nitrogens with one attached hydrogen (secondary N) is 1. The van der Waals surface area contributed by atoms with Crippen LogP contribution >= 0.6 is 0 Å². The molecule has 0 spiro atoms. The van der Waals surface area contributed by atoms with E-state index < -0.39 is 0 Å². The Labute approximate surface area is 139 Å². The molecule has 3 aromatic heterocycles. The lowest BCUT2D eigenvalue weighted by atomic mass is 10.1. The minimum Gasteiger partial charge on any atom is -0.318 e. The molecule has 3 heteroatoms. The van der Waals surface area contributed by atoms with Crippen molar-refractivity contribution < 1.29 is 4.40 Å². The molecule has 0 unspecified atom stereocenters. The van der Waals surface area contributed by atoms with Crippen LogP contribution in [0.2, 0.25) is 0 Å². The molecular formula is C21H18N3+. The van der Waals surface area contributed by atoms with Gasteiger partial charge in [0.15, 0.2) is 0 Å². The third-order valence-electron chi connectivity index (χ3n) is 4.80. The summed E-state index contributed by atoms with van der Waals surface area (Å²) >= 11 is 0. The lowest BCUT2D eigenvalue weighted by Gasteiger charge is -2.04. The second-order valence-corrected chi connectivity index (χ2v) is 6.30. The number of fused-ring (bicyclic) bond motifs is 6. The molecule has 2 aromatic carbocycles. The summed E-state index contributed by atoms with van der Waals surface area (Å²) in [6.07, 6.45) is 4.30. The summed E-state index contributed by atoms with van der Waals surface area (Å²) in [5.74, 6) is 0. The molecule has 5 rings (SSSR count). The van der Waals surface area contributed by atoms with Gasteiger partial charge in [-0.2, -0.15) is 4.40 Å². The Kier molecular flexibility index (Phi) is 2.83. The number of H-pyrrole nitrogens is 1. The van der Waals surface area contributed by atoms with Crippen LogP contribution in [0.25, 0.3) is 38.4 Å². The first kappa shape index (κ1) is 13.5. The number of benzene rings is 2. The molecule has 0 fully saturated rings. The van der Waals surface area contributed by atoms with E-state index >= 15 is 0 Å². The van der Waals surface area contributed by atoms with Crippen molar-refractivity contribution in [3.05, 3.63) is 66.5 Å². The zero-order chi connectivity index (χ0) is 16.1. The highest BCUT2D eigenvalue weighted by Crippen LogP contribution is 2.28. The number of aryl methyl sites for hydroxylation is 1.